The van der Waals surface area contributed by atoms with Gasteiger partial charge in [0.05, 0.1) is 6.54 Å². The lowest BCUT2D eigenvalue weighted by Crippen LogP contribution is -2.49. The molecule has 0 radical (unpaired) electrons. The molecule has 1 aliphatic rings. The van der Waals surface area contributed by atoms with Crippen LogP contribution in [0.15, 0.2) is 0 Å². The van der Waals surface area contributed by atoms with Crippen LogP contribution < -0.4 is 10.6 Å². The topological polar surface area (TPSA) is 53.6 Å². The van der Waals surface area contributed by atoms with Crippen molar-refractivity contribution in [3.63, 3.8) is 0 Å². The summed E-state index contributed by atoms with van der Waals surface area (Å²) in [4.78, 5) is 14.1. The molecule has 1 amide bonds. The maximum Gasteiger partial charge on any atom is 0.407 e. The van der Waals surface area contributed by atoms with Gasteiger partial charge in [-0.3, -0.25) is 4.90 Å². The number of amides is 1. The Bertz CT molecular complexity index is 376. The van der Waals surface area contributed by atoms with Crippen LogP contribution in [0.25, 0.3) is 0 Å². The van der Waals surface area contributed by atoms with E-state index in [4.69, 9.17) is 11.2 Å². The van der Waals surface area contributed by atoms with Crippen LogP contribution in [0.3, 0.4) is 0 Å². The number of nitrogens with zero attached hydrogens (tertiary/aromatic N) is 1. The standard InChI is InChI=1S/C17H31N3O2/c1-6-10-20-11-8-15(9-12-20)18-13-14(7-2)19-16(21)22-17(3,4)5/h1,14-15,18H,7-13H2,2-5H3,(H,19,21). The molecule has 0 aromatic carbocycles. The lowest BCUT2D eigenvalue weighted by atomic mass is 10.0. The maximum absolute atomic E-state index is 11.8. The zero-order chi connectivity index (χ0) is 16.6. The molecule has 1 rings (SSSR count). The van der Waals surface area contributed by atoms with Crippen LogP contribution in [-0.4, -0.2) is 54.9 Å². The molecule has 1 fully saturated rings. The van der Waals surface area contributed by atoms with Crippen LogP contribution in [0.5, 0.6) is 0 Å². The number of carbonyl (C=O) groups is 1. The summed E-state index contributed by atoms with van der Waals surface area (Å²) in [6.07, 6.45) is 8.08. The van der Waals surface area contributed by atoms with Crippen molar-refractivity contribution in [2.75, 3.05) is 26.2 Å². The monoisotopic (exact) mass is 309 g/mol. The lowest BCUT2D eigenvalue weighted by molar-refractivity contribution is 0.0501. The highest BCUT2D eigenvalue weighted by molar-refractivity contribution is 5.68. The second-order valence-electron chi connectivity index (χ2n) is 6.91. The van der Waals surface area contributed by atoms with Crippen molar-refractivity contribution in [1.82, 2.24) is 15.5 Å². The molecule has 0 bridgehead atoms. The van der Waals surface area contributed by atoms with Gasteiger partial charge >= 0.3 is 6.09 Å². The van der Waals surface area contributed by atoms with E-state index in [-0.39, 0.29) is 12.1 Å². The van der Waals surface area contributed by atoms with Gasteiger partial charge in [0.1, 0.15) is 5.60 Å². The summed E-state index contributed by atoms with van der Waals surface area (Å²) in [6, 6.07) is 0.599. The smallest absolute Gasteiger partial charge is 0.407 e. The molecule has 126 valence electrons. The van der Waals surface area contributed by atoms with Crippen LogP contribution in [0.1, 0.15) is 47.0 Å². The molecule has 0 aliphatic carbocycles. The van der Waals surface area contributed by atoms with E-state index in [0.29, 0.717) is 6.04 Å². The van der Waals surface area contributed by atoms with Crippen molar-refractivity contribution >= 4 is 6.09 Å². The minimum absolute atomic E-state index is 0.0959. The zero-order valence-electron chi connectivity index (χ0n) is 14.4. The largest absolute Gasteiger partial charge is 0.444 e. The van der Waals surface area contributed by atoms with Gasteiger partial charge in [-0.15, -0.1) is 6.42 Å². The molecule has 0 spiro atoms. The van der Waals surface area contributed by atoms with Gasteiger partial charge in [0.2, 0.25) is 0 Å². The van der Waals surface area contributed by atoms with Crippen LogP contribution >= 0.6 is 0 Å². The number of hydrogen-bond donors (Lipinski definition) is 2. The predicted octanol–water partition coefficient (Wildman–Crippen LogP) is 1.98. The normalized spacial score (nSPS) is 18.5. The van der Waals surface area contributed by atoms with E-state index in [1.54, 1.807) is 0 Å². The molecular formula is C17H31N3O2. The molecule has 1 saturated heterocycles. The number of terminal acetylenes is 1. The van der Waals surface area contributed by atoms with Gasteiger partial charge in [0, 0.05) is 31.7 Å². The summed E-state index contributed by atoms with van der Waals surface area (Å²) < 4.78 is 5.30. The van der Waals surface area contributed by atoms with Gasteiger partial charge < -0.3 is 15.4 Å². The third kappa shape index (κ3) is 7.67. The Morgan fingerprint density at radius 2 is 2.05 bits per heavy atom. The fraction of sp³-hybridized carbons (Fsp3) is 0.824. The Balaban J connectivity index is 2.27. The zero-order valence-corrected chi connectivity index (χ0v) is 14.4. The van der Waals surface area contributed by atoms with E-state index in [0.717, 1.165) is 45.4 Å². The molecule has 0 aromatic heterocycles. The first-order valence-electron chi connectivity index (χ1n) is 8.22. The number of alkyl carbamates (subject to hydrolysis) is 1. The Hall–Kier alpha value is -1.25. The van der Waals surface area contributed by atoms with E-state index in [9.17, 15) is 4.79 Å². The second-order valence-corrected chi connectivity index (χ2v) is 6.91. The van der Waals surface area contributed by atoms with Crippen molar-refractivity contribution in [3.05, 3.63) is 0 Å². The van der Waals surface area contributed by atoms with Crippen molar-refractivity contribution in [3.8, 4) is 12.3 Å². The SMILES string of the molecule is C#CCN1CCC(NCC(CC)NC(=O)OC(C)(C)C)CC1. The van der Waals surface area contributed by atoms with Crippen molar-refractivity contribution < 1.29 is 9.53 Å². The van der Waals surface area contributed by atoms with Crippen LogP contribution in [0.2, 0.25) is 0 Å². The lowest BCUT2D eigenvalue weighted by Gasteiger charge is -2.32. The number of nitrogens with one attached hydrogen (secondary N) is 2. The fourth-order valence-electron chi connectivity index (χ4n) is 2.50. The number of ether oxygens (including phenoxy) is 1. The molecule has 0 saturated carbocycles. The number of hydrogen-bond acceptors (Lipinski definition) is 4. The maximum atomic E-state index is 11.8. The Morgan fingerprint density at radius 1 is 1.41 bits per heavy atom. The molecule has 1 atom stereocenters. The van der Waals surface area contributed by atoms with Gasteiger partial charge in [-0.1, -0.05) is 12.8 Å². The average Bonchev–Trinajstić information content (AvgIpc) is 2.43. The molecule has 0 aromatic rings. The fourth-order valence-corrected chi connectivity index (χ4v) is 2.50. The molecule has 1 heterocycles. The van der Waals surface area contributed by atoms with Crippen LogP contribution in [-0.2, 0) is 4.74 Å². The summed E-state index contributed by atoms with van der Waals surface area (Å²) in [5, 5.41) is 6.49. The first kappa shape index (κ1) is 18.8. The van der Waals surface area contributed by atoms with Gasteiger partial charge in [-0.25, -0.2) is 4.79 Å². The first-order valence-corrected chi connectivity index (χ1v) is 8.22. The van der Waals surface area contributed by atoms with E-state index >= 15 is 0 Å². The molecule has 1 aliphatic heterocycles. The summed E-state index contributed by atoms with van der Waals surface area (Å²) >= 11 is 0. The Labute approximate surface area is 135 Å². The quantitative estimate of drug-likeness (QED) is 0.737. The number of likely N-dealkylation sites (tertiary alicyclic amines) is 1. The highest BCUT2D eigenvalue weighted by Gasteiger charge is 2.21. The van der Waals surface area contributed by atoms with Gasteiger partial charge in [0.15, 0.2) is 0 Å². The summed E-state index contributed by atoms with van der Waals surface area (Å²) in [7, 11) is 0. The van der Waals surface area contributed by atoms with E-state index < -0.39 is 5.60 Å². The van der Waals surface area contributed by atoms with Crippen molar-refractivity contribution in [1.29, 1.82) is 0 Å². The van der Waals surface area contributed by atoms with Gasteiger partial charge in [0.25, 0.3) is 0 Å². The summed E-state index contributed by atoms with van der Waals surface area (Å²) in [5.41, 5.74) is -0.459. The van der Waals surface area contributed by atoms with Crippen molar-refractivity contribution in [2.24, 2.45) is 0 Å². The van der Waals surface area contributed by atoms with E-state index in [2.05, 4.69) is 28.4 Å². The minimum atomic E-state index is -0.459. The minimum Gasteiger partial charge on any atom is -0.444 e. The van der Waals surface area contributed by atoms with E-state index in [1.807, 2.05) is 20.8 Å². The molecular weight excluding hydrogens is 278 g/mol. The number of carbonyl (C=O) groups excluding carboxylic acids is 1. The van der Waals surface area contributed by atoms with E-state index in [1.165, 1.54) is 0 Å². The van der Waals surface area contributed by atoms with Gasteiger partial charge in [-0.2, -0.15) is 0 Å². The summed E-state index contributed by atoms with van der Waals surface area (Å²) in [5.74, 6) is 2.70. The van der Waals surface area contributed by atoms with Crippen LogP contribution in [0.4, 0.5) is 4.79 Å². The molecule has 1 unspecified atom stereocenters. The third-order valence-electron chi connectivity index (χ3n) is 3.77. The summed E-state index contributed by atoms with van der Waals surface area (Å²) in [6.45, 7) is 11.3. The van der Waals surface area contributed by atoms with Crippen LogP contribution in [0, 0.1) is 12.3 Å². The average molecular weight is 309 g/mol. The molecule has 5 nitrogen and oxygen atoms in total. The molecule has 5 heteroatoms. The first-order chi connectivity index (χ1) is 10.3. The Morgan fingerprint density at radius 3 is 2.55 bits per heavy atom. The van der Waals surface area contributed by atoms with Gasteiger partial charge in [-0.05, 0) is 40.0 Å². The highest BCUT2D eigenvalue weighted by atomic mass is 16.6. The van der Waals surface area contributed by atoms with Crippen molar-refractivity contribution in [2.45, 2.75) is 64.6 Å². The second kappa shape index (κ2) is 9.02. The molecule has 2 N–H and O–H groups in total. The highest BCUT2D eigenvalue weighted by Crippen LogP contribution is 2.10. The number of piperidine rings is 1. The Kier molecular flexibility index (Phi) is 7.70. The predicted molar refractivity (Wildman–Crippen MR) is 89.7 cm³/mol. The molecule has 22 heavy (non-hydrogen) atoms. The number of rotatable bonds is 6. The third-order valence-corrected chi connectivity index (χ3v) is 3.77.